The summed E-state index contributed by atoms with van der Waals surface area (Å²) in [7, 11) is 0. The van der Waals surface area contributed by atoms with E-state index in [-0.39, 0.29) is 0 Å². The average molecular weight is 225 g/mol. The maximum atomic E-state index is 3.53. The third kappa shape index (κ3) is 1.90. The Labute approximate surface area is 102 Å². The SMILES string of the molecule is CC(C)CC1C=c2[nH]c3ccccc3c2=CC1. The summed E-state index contributed by atoms with van der Waals surface area (Å²) < 4.78 is 0. The van der Waals surface area contributed by atoms with Crippen LogP contribution in [0.4, 0.5) is 0 Å². The predicted octanol–water partition coefficient (Wildman–Crippen LogP) is 2.79. The second-order valence-electron chi connectivity index (χ2n) is 5.49. The summed E-state index contributed by atoms with van der Waals surface area (Å²) in [5, 5.41) is 4.09. The van der Waals surface area contributed by atoms with Gasteiger partial charge in [-0.2, -0.15) is 0 Å². The molecule has 2 aromatic rings. The normalized spacial score (nSPS) is 18.9. The molecule has 0 bridgehead atoms. The van der Waals surface area contributed by atoms with Crippen molar-refractivity contribution in [2.75, 3.05) is 0 Å². The van der Waals surface area contributed by atoms with Gasteiger partial charge in [-0.25, -0.2) is 0 Å². The molecule has 0 saturated carbocycles. The number of benzene rings is 1. The van der Waals surface area contributed by atoms with Gasteiger partial charge in [0, 0.05) is 21.5 Å². The number of H-pyrrole nitrogens is 1. The quantitative estimate of drug-likeness (QED) is 0.809. The number of aromatic nitrogens is 1. The van der Waals surface area contributed by atoms with Crippen LogP contribution in [0.25, 0.3) is 23.1 Å². The van der Waals surface area contributed by atoms with E-state index in [1.54, 1.807) is 0 Å². The fraction of sp³-hybridized carbons (Fsp3) is 0.375. The van der Waals surface area contributed by atoms with Gasteiger partial charge in [0.1, 0.15) is 0 Å². The fourth-order valence-electron chi connectivity index (χ4n) is 2.88. The van der Waals surface area contributed by atoms with Crippen LogP contribution < -0.4 is 10.6 Å². The molecule has 0 fully saturated rings. The molecular weight excluding hydrogens is 206 g/mol. The molecule has 1 unspecified atom stereocenters. The Balaban J connectivity index is 2.12. The summed E-state index contributed by atoms with van der Waals surface area (Å²) in [5.74, 6) is 1.48. The van der Waals surface area contributed by atoms with E-state index in [4.69, 9.17) is 0 Å². The molecular formula is C16H19N. The summed E-state index contributed by atoms with van der Waals surface area (Å²) in [4.78, 5) is 3.53. The van der Waals surface area contributed by atoms with E-state index in [1.807, 2.05) is 0 Å². The molecule has 1 aliphatic rings. The van der Waals surface area contributed by atoms with Gasteiger partial charge in [0.2, 0.25) is 0 Å². The lowest BCUT2D eigenvalue weighted by Crippen LogP contribution is -2.28. The van der Waals surface area contributed by atoms with Crippen LogP contribution >= 0.6 is 0 Å². The molecule has 1 aliphatic carbocycles. The van der Waals surface area contributed by atoms with Gasteiger partial charge in [-0.3, -0.25) is 0 Å². The Morgan fingerprint density at radius 1 is 1.29 bits per heavy atom. The Hall–Kier alpha value is -1.50. The van der Waals surface area contributed by atoms with E-state index in [2.05, 4.69) is 55.2 Å². The van der Waals surface area contributed by atoms with E-state index in [1.165, 1.54) is 34.3 Å². The lowest BCUT2D eigenvalue weighted by atomic mass is 9.91. The van der Waals surface area contributed by atoms with Crippen molar-refractivity contribution in [2.24, 2.45) is 11.8 Å². The van der Waals surface area contributed by atoms with Gasteiger partial charge in [0.25, 0.3) is 0 Å². The number of hydrogen-bond donors (Lipinski definition) is 1. The third-order valence-corrected chi connectivity index (χ3v) is 3.58. The molecule has 17 heavy (non-hydrogen) atoms. The maximum absolute atomic E-state index is 3.53. The highest BCUT2D eigenvalue weighted by Crippen LogP contribution is 2.19. The lowest BCUT2D eigenvalue weighted by molar-refractivity contribution is 0.499. The second-order valence-corrected chi connectivity index (χ2v) is 5.49. The number of rotatable bonds is 2. The first-order valence-corrected chi connectivity index (χ1v) is 6.53. The van der Waals surface area contributed by atoms with Gasteiger partial charge in [-0.15, -0.1) is 0 Å². The highest BCUT2D eigenvalue weighted by molar-refractivity contribution is 5.81. The van der Waals surface area contributed by atoms with Crippen molar-refractivity contribution < 1.29 is 0 Å². The molecule has 1 atom stereocenters. The van der Waals surface area contributed by atoms with Crippen LogP contribution in [-0.4, -0.2) is 4.98 Å². The molecule has 1 N–H and O–H groups in total. The Morgan fingerprint density at radius 3 is 2.94 bits per heavy atom. The third-order valence-electron chi connectivity index (χ3n) is 3.58. The zero-order valence-corrected chi connectivity index (χ0v) is 10.5. The molecule has 1 aromatic heterocycles. The van der Waals surface area contributed by atoms with E-state index < -0.39 is 0 Å². The van der Waals surface area contributed by atoms with Crippen LogP contribution in [0.3, 0.4) is 0 Å². The van der Waals surface area contributed by atoms with Crippen molar-refractivity contribution in [3.8, 4) is 0 Å². The zero-order valence-electron chi connectivity index (χ0n) is 10.5. The summed E-state index contributed by atoms with van der Waals surface area (Å²) >= 11 is 0. The summed E-state index contributed by atoms with van der Waals surface area (Å²) in [6.45, 7) is 4.60. The van der Waals surface area contributed by atoms with Gasteiger partial charge in [0.15, 0.2) is 0 Å². The topological polar surface area (TPSA) is 15.8 Å². The van der Waals surface area contributed by atoms with Gasteiger partial charge < -0.3 is 4.98 Å². The van der Waals surface area contributed by atoms with Crippen LogP contribution in [-0.2, 0) is 0 Å². The highest BCUT2D eigenvalue weighted by Gasteiger charge is 2.11. The highest BCUT2D eigenvalue weighted by atomic mass is 14.7. The number of nitrogens with one attached hydrogen (secondary N) is 1. The minimum Gasteiger partial charge on any atom is -0.355 e. The van der Waals surface area contributed by atoms with Crippen molar-refractivity contribution in [3.63, 3.8) is 0 Å². The molecule has 1 heterocycles. The number of hydrogen-bond acceptors (Lipinski definition) is 0. The number of fused-ring (bicyclic) bond motifs is 3. The average Bonchev–Trinajstić information content (AvgIpc) is 2.65. The minimum atomic E-state index is 0.704. The molecule has 0 aliphatic heterocycles. The molecule has 0 amide bonds. The second kappa shape index (κ2) is 4.06. The first-order chi connectivity index (χ1) is 8.24. The summed E-state index contributed by atoms with van der Waals surface area (Å²) in [5.41, 5.74) is 1.26. The molecule has 0 saturated heterocycles. The van der Waals surface area contributed by atoms with Gasteiger partial charge >= 0.3 is 0 Å². The van der Waals surface area contributed by atoms with Crippen LogP contribution in [0.15, 0.2) is 24.3 Å². The molecule has 1 heteroatoms. The minimum absolute atomic E-state index is 0.704. The monoisotopic (exact) mass is 225 g/mol. The van der Waals surface area contributed by atoms with Crippen molar-refractivity contribution in [1.29, 1.82) is 0 Å². The number of aromatic amines is 1. The summed E-state index contributed by atoms with van der Waals surface area (Å²) in [6, 6.07) is 8.57. The molecule has 0 radical (unpaired) electrons. The zero-order chi connectivity index (χ0) is 11.8. The first kappa shape index (κ1) is 10.6. The maximum Gasteiger partial charge on any atom is 0.0464 e. The van der Waals surface area contributed by atoms with Crippen molar-refractivity contribution >= 4 is 23.1 Å². The Bertz CT molecular complexity index is 646. The lowest BCUT2D eigenvalue weighted by Gasteiger charge is -2.14. The van der Waals surface area contributed by atoms with Crippen molar-refractivity contribution in [1.82, 2.24) is 4.98 Å². The smallest absolute Gasteiger partial charge is 0.0464 e. The molecule has 1 nitrogen and oxygen atoms in total. The number of para-hydroxylation sites is 1. The van der Waals surface area contributed by atoms with E-state index in [0.717, 1.165) is 5.92 Å². The van der Waals surface area contributed by atoms with Crippen LogP contribution in [0.2, 0.25) is 0 Å². The van der Waals surface area contributed by atoms with E-state index in [0.29, 0.717) is 5.92 Å². The van der Waals surface area contributed by atoms with E-state index >= 15 is 0 Å². The van der Waals surface area contributed by atoms with Gasteiger partial charge in [0.05, 0.1) is 0 Å². The van der Waals surface area contributed by atoms with Gasteiger partial charge in [-0.1, -0.05) is 44.2 Å². The fourth-order valence-corrected chi connectivity index (χ4v) is 2.88. The predicted molar refractivity (Wildman–Crippen MR) is 74.0 cm³/mol. The summed E-state index contributed by atoms with van der Waals surface area (Å²) in [6.07, 6.45) is 7.30. The molecule has 88 valence electrons. The molecule has 3 rings (SSSR count). The first-order valence-electron chi connectivity index (χ1n) is 6.53. The van der Waals surface area contributed by atoms with E-state index in [9.17, 15) is 0 Å². The Morgan fingerprint density at radius 2 is 2.12 bits per heavy atom. The van der Waals surface area contributed by atoms with Crippen molar-refractivity contribution in [3.05, 3.63) is 34.8 Å². The van der Waals surface area contributed by atoms with Crippen LogP contribution in [0.1, 0.15) is 26.7 Å². The van der Waals surface area contributed by atoms with Gasteiger partial charge in [-0.05, 0) is 30.7 Å². The van der Waals surface area contributed by atoms with Crippen LogP contribution in [0, 0.1) is 11.8 Å². The van der Waals surface area contributed by atoms with Crippen LogP contribution in [0.5, 0.6) is 0 Å². The standard InChI is InChI=1S/C16H19N/c1-11(2)9-12-7-8-14-13-5-3-4-6-15(13)17-16(14)10-12/h3-6,8,10-12,17H,7,9H2,1-2H3. The largest absolute Gasteiger partial charge is 0.355 e. The Kier molecular flexibility index (Phi) is 2.54. The molecule has 1 aromatic carbocycles. The molecule has 0 spiro atoms. The van der Waals surface area contributed by atoms with Crippen molar-refractivity contribution in [2.45, 2.75) is 26.7 Å².